The zero-order chi connectivity index (χ0) is 21.7. The SMILES string of the molecule is CCOC(=O)c1nn(-c2ccc(C(C)=O)cc2)c(-c2ccccc2)c1C(=O)OCC. The Bertz CT molecular complexity index is 1070. The van der Waals surface area contributed by atoms with Crippen LogP contribution in [-0.2, 0) is 9.47 Å². The Kier molecular flexibility index (Phi) is 6.41. The first-order valence-corrected chi connectivity index (χ1v) is 9.62. The predicted molar refractivity (Wildman–Crippen MR) is 111 cm³/mol. The van der Waals surface area contributed by atoms with Crippen molar-refractivity contribution < 1.29 is 23.9 Å². The number of carbonyl (C=O) groups excluding carboxylic acids is 3. The Hall–Kier alpha value is -3.74. The second kappa shape index (κ2) is 9.17. The van der Waals surface area contributed by atoms with Gasteiger partial charge in [0, 0.05) is 11.1 Å². The normalized spacial score (nSPS) is 10.5. The third-order valence-corrected chi connectivity index (χ3v) is 4.40. The van der Waals surface area contributed by atoms with Crippen molar-refractivity contribution in [2.75, 3.05) is 13.2 Å². The molecule has 0 aliphatic rings. The summed E-state index contributed by atoms with van der Waals surface area (Å²) in [6.45, 7) is 5.14. The molecule has 0 spiro atoms. The third kappa shape index (κ3) is 4.15. The molecule has 0 fully saturated rings. The van der Waals surface area contributed by atoms with Crippen LogP contribution in [0.1, 0.15) is 52.0 Å². The molecule has 30 heavy (non-hydrogen) atoms. The topological polar surface area (TPSA) is 87.5 Å². The van der Waals surface area contributed by atoms with E-state index in [1.54, 1.807) is 38.1 Å². The molecule has 0 unspecified atom stereocenters. The van der Waals surface area contributed by atoms with Gasteiger partial charge in [-0.05, 0) is 45.0 Å². The van der Waals surface area contributed by atoms with Gasteiger partial charge in [0.2, 0.25) is 0 Å². The highest BCUT2D eigenvalue weighted by Crippen LogP contribution is 2.30. The Balaban J connectivity index is 2.29. The number of benzene rings is 2. The molecule has 3 rings (SSSR count). The van der Waals surface area contributed by atoms with Gasteiger partial charge in [0.15, 0.2) is 11.5 Å². The summed E-state index contributed by atoms with van der Waals surface area (Å²) in [6.07, 6.45) is 0. The number of esters is 2. The van der Waals surface area contributed by atoms with Gasteiger partial charge in [-0.2, -0.15) is 5.10 Å². The van der Waals surface area contributed by atoms with Crippen LogP contribution in [0.3, 0.4) is 0 Å². The molecule has 0 amide bonds. The molecule has 2 aromatic carbocycles. The van der Waals surface area contributed by atoms with E-state index in [0.29, 0.717) is 22.5 Å². The van der Waals surface area contributed by atoms with Crippen LogP contribution < -0.4 is 0 Å². The smallest absolute Gasteiger partial charge is 0.359 e. The first-order chi connectivity index (χ1) is 14.5. The molecule has 0 aliphatic heterocycles. The van der Waals surface area contributed by atoms with Gasteiger partial charge >= 0.3 is 11.9 Å². The van der Waals surface area contributed by atoms with Gasteiger partial charge < -0.3 is 9.47 Å². The summed E-state index contributed by atoms with van der Waals surface area (Å²) in [5.41, 5.74) is 2.14. The van der Waals surface area contributed by atoms with E-state index in [1.165, 1.54) is 11.6 Å². The first-order valence-electron chi connectivity index (χ1n) is 9.62. The molecule has 0 N–H and O–H groups in total. The van der Waals surface area contributed by atoms with Gasteiger partial charge in [-0.1, -0.05) is 30.3 Å². The van der Waals surface area contributed by atoms with Crippen LogP contribution in [0, 0.1) is 0 Å². The molecule has 154 valence electrons. The van der Waals surface area contributed by atoms with E-state index in [9.17, 15) is 14.4 Å². The van der Waals surface area contributed by atoms with Gasteiger partial charge in [0.25, 0.3) is 0 Å². The number of ether oxygens (including phenoxy) is 2. The second-order valence-corrected chi connectivity index (χ2v) is 6.39. The largest absolute Gasteiger partial charge is 0.462 e. The lowest BCUT2D eigenvalue weighted by atomic mass is 10.0. The average molecular weight is 406 g/mol. The number of Topliss-reactive ketones (excluding diaryl/α,β-unsaturated/α-hetero) is 1. The Morgan fingerprint density at radius 2 is 1.47 bits per heavy atom. The fraction of sp³-hybridized carbons (Fsp3) is 0.217. The minimum Gasteiger partial charge on any atom is -0.462 e. The Morgan fingerprint density at radius 1 is 0.867 bits per heavy atom. The fourth-order valence-corrected chi connectivity index (χ4v) is 3.04. The molecule has 0 saturated carbocycles. The number of nitrogens with zero attached hydrogens (tertiary/aromatic N) is 2. The van der Waals surface area contributed by atoms with Gasteiger partial charge in [-0.25, -0.2) is 14.3 Å². The molecule has 1 aromatic heterocycles. The van der Waals surface area contributed by atoms with Crippen LogP contribution in [0.4, 0.5) is 0 Å². The summed E-state index contributed by atoms with van der Waals surface area (Å²) in [5.74, 6) is -1.44. The lowest BCUT2D eigenvalue weighted by Gasteiger charge is -2.10. The monoisotopic (exact) mass is 406 g/mol. The molecule has 0 atom stereocenters. The van der Waals surface area contributed by atoms with Gasteiger partial charge in [0.1, 0.15) is 5.56 Å². The zero-order valence-electron chi connectivity index (χ0n) is 17.0. The summed E-state index contributed by atoms with van der Waals surface area (Å²) in [4.78, 5) is 37.0. The molecule has 0 bridgehead atoms. The minimum absolute atomic E-state index is 0.0390. The maximum Gasteiger partial charge on any atom is 0.359 e. The molecular formula is C23H22N2O5. The van der Waals surface area contributed by atoms with Crippen LogP contribution >= 0.6 is 0 Å². The summed E-state index contributed by atoms with van der Waals surface area (Å²) in [7, 11) is 0. The van der Waals surface area contributed by atoms with E-state index < -0.39 is 11.9 Å². The van der Waals surface area contributed by atoms with Crippen molar-refractivity contribution in [3.05, 3.63) is 71.4 Å². The fourth-order valence-electron chi connectivity index (χ4n) is 3.04. The maximum absolute atomic E-state index is 12.8. The van der Waals surface area contributed by atoms with E-state index in [-0.39, 0.29) is 30.3 Å². The van der Waals surface area contributed by atoms with E-state index >= 15 is 0 Å². The minimum atomic E-state index is -0.711. The summed E-state index contributed by atoms with van der Waals surface area (Å²) < 4.78 is 11.8. The van der Waals surface area contributed by atoms with Crippen molar-refractivity contribution in [2.45, 2.75) is 20.8 Å². The Labute approximate surface area is 174 Å². The number of rotatable bonds is 7. The van der Waals surface area contributed by atoms with Crippen LogP contribution in [0.25, 0.3) is 16.9 Å². The van der Waals surface area contributed by atoms with Gasteiger partial charge in [-0.3, -0.25) is 4.79 Å². The Morgan fingerprint density at radius 3 is 2.03 bits per heavy atom. The highest BCUT2D eigenvalue weighted by atomic mass is 16.5. The van der Waals surface area contributed by atoms with Crippen LogP contribution in [0.15, 0.2) is 54.6 Å². The van der Waals surface area contributed by atoms with E-state index in [4.69, 9.17) is 9.47 Å². The average Bonchev–Trinajstić information content (AvgIpc) is 3.15. The van der Waals surface area contributed by atoms with Crippen molar-refractivity contribution in [2.24, 2.45) is 0 Å². The van der Waals surface area contributed by atoms with E-state index in [0.717, 1.165) is 0 Å². The van der Waals surface area contributed by atoms with E-state index in [1.807, 2.05) is 30.3 Å². The third-order valence-electron chi connectivity index (χ3n) is 4.40. The molecule has 0 radical (unpaired) electrons. The molecule has 3 aromatic rings. The van der Waals surface area contributed by atoms with Gasteiger partial charge in [0.05, 0.1) is 24.6 Å². The van der Waals surface area contributed by atoms with Crippen LogP contribution in [0.5, 0.6) is 0 Å². The first kappa shape index (κ1) is 21.0. The predicted octanol–water partition coefficient (Wildman–Crippen LogP) is 4.10. The highest BCUT2D eigenvalue weighted by molar-refractivity contribution is 6.06. The standard InChI is InChI=1S/C23H22N2O5/c1-4-29-22(27)19-20(23(28)30-5-2)24-25(21(19)17-9-7-6-8-10-17)18-13-11-16(12-14-18)15(3)26/h6-14H,4-5H2,1-3H3. The molecule has 7 nitrogen and oxygen atoms in total. The molecule has 0 aliphatic carbocycles. The summed E-state index contributed by atoms with van der Waals surface area (Å²) in [5, 5.41) is 4.41. The maximum atomic E-state index is 12.8. The number of ketones is 1. The number of carbonyl (C=O) groups is 3. The van der Waals surface area contributed by atoms with Crippen LogP contribution in [0.2, 0.25) is 0 Å². The number of hydrogen-bond donors (Lipinski definition) is 0. The van der Waals surface area contributed by atoms with Gasteiger partial charge in [-0.15, -0.1) is 0 Å². The lowest BCUT2D eigenvalue weighted by molar-refractivity contribution is 0.0476. The molecule has 7 heteroatoms. The molecule has 0 saturated heterocycles. The van der Waals surface area contributed by atoms with Crippen molar-refractivity contribution in [1.82, 2.24) is 9.78 Å². The number of hydrogen-bond acceptors (Lipinski definition) is 6. The van der Waals surface area contributed by atoms with Crippen LogP contribution in [-0.4, -0.2) is 40.7 Å². The van der Waals surface area contributed by atoms with Crippen molar-refractivity contribution in [3.8, 4) is 16.9 Å². The highest BCUT2D eigenvalue weighted by Gasteiger charge is 2.31. The molecule has 1 heterocycles. The van der Waals surface area contributed by atoms with Crippen molar-refractivity contribution in [3.63, 3.8) is 0 Å². The summed E-state index contributed by atoms with van der Waals surface area (Å²) in [6, 6.07) is 15.9. The molecular weight excluding hydrogens is 384 g/mol. The van der Waals surface area contributed by atoms with E-state index in [2.05, 4.69) is 5.10 Å². The number of aromatic nitrogens is 2. The van der Waals surface area contributed by atoms with Crippen molar-refractivity contribution in [1.29, 1.82) is 0 Å². The zero-order valence-corrected chi connectivity index (χ0v) is 17.0. The summed E-state index contributed by atoms with van der Waals surface area (Å²) >= 11 is 0. The second-order valence-electron chi connectivity index (χ2n) is 6.39. The quantitative estimate of drug-likeness (QED) is 0.434. The van der Waals surface area contributed by atoms with Crippen molar-refractivity contribution >= 4 is 17.7 Å². The lowest BCUT2D eigenvalue weighted by Crippen LogP contribution is -2.13.